The zero-order valence-electron chi connectivity index (χ0n) is 21.7. The van der Waals surface area contributed by atoms with Crippen molar-refractivity contribution in [2.24, 2.45) is 0 Å². The Balaban J connectivity index is 1.29. The number of pyridine rings is 1. The molecule has 0 saturated carbocycles. The number of fused-ring (bicyclic) bond motifs is 2. The van der Waals surface area contributed by atoms with Gasteiger partial charge in [-0.05, 0) is 86.3 Å². The molecule has 6 nitrogen and oxygen atoms in total. The lowest BCUT2D eigenvalue weighted by Gasteiger charge is -2.30. The molecular formula is C32H30FN3O3. The number of para-hydroxylation sites is 2. The average Bonchev–Trinajstić information content (AvgIpc) is 3.47. The summed E-state index contributed by atoms with van der Waals surface area (Å²) in [6, 6.07) is 21.2. The molecule has 2 aliphatic heterocycles. The average molecular weight is 524 g/mol. The monoisotopic (exact) mass is 523 g/mol. The van der Waals surface area contributed by atoms with Crippen LogP contribution in [0.2, 0.25) is 0 Å². The number of anilines is 1. The Bertz CT molecular complexity index is 1620. The number of aromatic nitrogens is 1. The van der Waals surface area contributed by atoms with Crippen molar-refractivity contribution in [1.29, 1.82) is 0 Å². The highest BCUT2D eigenvalue weighted by Crippen LogP contribution is 2.36. The topological polar surface area (TPSA) is 54.8 Å². The van der Waals surface area contributed by atoms with Gasteiger partial charge in [-0.2, -0.15) is 0 Å². The van der Waals surface area contributed by atoms with E-state index < -0.39 is 0 Å². The van der Waals surface area contributed by atoms with E-state index in [0.717, 1.165) is 31.4 Å². The van der Waals surface area contributed by atoms with Crippen molar-refractivity contribution in [3.63, 3.8) is 0 Å². The van der Waals surface area contributed by atoms with E-state index in [1.807, 2.05) is 36.5 Å². The fourth-order valence-corrected chi connectivity index (χ4v) is 5.40. The van der Waals surface area contributed by atoms with Gasteiger partial charge in [-0.15, -0.1) is 0 Å². The summed E-state index contributed by atoms with van der Waals surface area (Å²) in [5, 5.41) is 1.44. The van der Waals surface area contributed by atoms with E-state index in [0.29, 0.717) is 34.5 Å². The molecule has 0 aliphatic carbocycles. The number of ether oxygens (including phenoxy) is 1. The molecule has 0 bridgehead atoms. The van der Waals surface area contributed by atoms with Gasteiger partial charge < -0.3 is 14.2 Å². The number of halogens is 1. The number of likely N-dealkylation sites (tertiary alicyclic amines) is 1. The van der Waals surface area contributed by atoms with E-state index in [4.69, 9.17) is 4.74 Å². The molecule has 6 rings (SSSR count). The van der Waals surface area contributed by atoms with Crippen molar-refractivity contribution in [2.75, 3.05) is 24.5 Å². The van der Waals surface area contributed by atoms with Crippen molar-refractivity contribution in [3.05, 3.63) is 112 Å². The van der Waals surface area contributed by atoms with Gasteiger partial charge in [0.15, 0.2) is 11.5 Å². The van der Waals surface area contributed by atoms with E-state index in [-0.39, 0.29) is 29.6 Å². The molecule has 1 amide bonds. The lowest BCUT2D eigenvalue weighted by molar-refractivity contribution is -0.117. The van der Waals surface area contributed by atoms with Gasteiger partial charge in [-0.1, -0.05) is 42.5 Å². The summed E-state index contributed by atoms with van der Waals surface area (Å²) < 4.78 is 22.2. The number of hydrogen-bond acceptors (Lipinski definition) is 4. The number of hydrogen-bond donors (Lipinski definition) is 0. The number of amides is 1. The van der Waals surface area contributed by atoms with E-state index in [2.05, 4.69) is 4.90 Å². The van der Waals surface area contributed by atoms with Gasteiger partial charge in [0.2, 0.25) is 0 Å². The van der Waals surface area contributed by atoms with Gasteiger partial charge >= 0.3 is 0 Å². The van der Waals surface area contributed by atoms with Crippen LogP contribution in [0.4, 0.5) is 10.1 Å². The molecule has 1 saturated heterocycles. The Morgan fingerprint density at radius 1 is 0.897 bits per heavy atom. The Morgan fingerprint density at radius 2 is 1.69 bits per heavy atom. The largest absolute Gasteiger partial charge is 0.449 e. The van der Waals surface area contributed by atoms with E-state index in [9.17, 15) is 14.0 Å². The lowest BCUT2D eigenvalue weighted by atomic mass is 10.1. The highest BCUT2D eigenvalue weighted by Gasteiger charge is 2.30. The molecule has 3 aromatic carbocycles. The minimum Gasteiger partial charge on any atom is -0.449 e. The summed E-state index contributed by atoms with van der Waals surface area (Å²) in [5.74, 6) is -0.109. The van der Waals surface area contributed by atoms with Crippen molar-refractivity contribution in [3.8, 4) is 5.75 Å². The van der Waals surface area contributed by atoms with Crippen LogP contribution in [0, 0.1) is 5.82 Å². The first-order valence-electron chi connectivity index (χ1n) is 13.5. The first-order valence-corrected chi connectivity index (χ1v) is 13.5. The number of carbonyl (C=O) groups excluding carboxylic acids is 1. The first kappa shape index (κ1) is 25.1. The Hall–Kier alpha value is -4.23. The van der Waals surface area contributed by atoms with Gasteiger partial charge in [-0.25, -0.2) is 4.39 Å². The van der Waals surface area contributed by atoms with Gasteiger partial charge in [-0.3, -0.25) is 14.5 Å². The molecule has 198 valence electrons. The van der Waals surface area contributed by atoms with Gasteiger partial charge in [0.25, 0.3) is 11.5 Å². The highest BCUT2D eigenvalue weighted by atomic mass is 19.1. The summed E-state index contributed by atoms with van der Waals surface area (Å²) in [6.45, 7) is 4.03. The zero-order chi connectivity index (χ0) is 26.8. The van der Waals surface area contributed by atoms with Crippen molar-refractivity contribution in [2.45, 2.75) is 32.4 Å². The third-order valence-corrected chi connectivity index (χ3v) is 7.49. The molecule has 1 aromatic heterocycles. The molecule has 0 spiro atoms. The molecule has 2 aliphatic rings. The van der Waals surface area contributed by atoms with Crippen LogP contribution >= 0.6 is 0 Å². The van der Waals surface area contributed by atoms with E-state index in [1.165, 1.54) is 23.8 Å². The Kier molecular flexibility index (Phi) is 6.99. The summed E-state index contributed by atoms with van der Waals surface area (Å²) in [4.78, 5) is 30.8. The van der Waals surface area contributed by atoms with Crippen LogP contribution in [0.1, 0.15) is 30.4 Å². The van der Waals surface area contributed by atoms with Crippen molar-refractivity contribution in [1.82, 2.24) is 9.47 Å². The van der Waals surface area contributed by atoms with E-state index in [1.54, 1.807) is 47.0 Å². The molecule has 7 heteroatoms. The Labute approximate surface area is 226 Å². The maximum atomic E-state index is 14.4. The highest BCUT2D eigenvalue weighted by molar-refractivity contribution is 6.10. The predicted octanol–water partition coefficient (Wildman–Crippen LogP) is 5.59. The molecule has 1 fully saturated rings. The summed E-state index contributed by atoms with van der Waals surface area (Å²) in [7, 11) is 0. The van der Waals surface area contributed by atoms with Crippen LogP contribution in [-0.2, 0) is 17.9 Å². The maximum Gasteiger partial charge on any atom is 0.294 e. The fourth-order valence-electron chi connectivity index (χ4n) is 5.40. The van der Waals surface area contributed by atoms with Crippen molar-refractivity contribution < 1.29 is 13.9 Å². The van der Waals surface area contributed by atoms with Crippen LogP contribution in [0.25, 0.3) is 16.8 Å². The second-order valence-electron chi connectivity index (χ2n) is 10.1. The van der Waals surface area contributed by atoms with Crippen LogP contribution in [-0.4, -0.2) is 35.0 Å². The number of benzene rings is 3. The maximum absolute atomic E-state index is 14.4. The SMILES string of the molecule is O=C1/C(=C/c2ccc3ccn(CCCN4CCCC4)c(=O)c3c2)Oc2ccccc2N1Cc1ccccc1F. The molecule has 3 heterocycles. The lowest BCUT2D eigenvalue weighted by Crippen LogP contribution is -2.37. The smallest absolute Gasteiger partial charge is 0.294 e. The molecule has 0 N–H and O–H groups in total. The minimum atomic E-state index is -0.371. The number of carbonyl (C=O) groups is 1. The third-order valence-electron chi connectivity index (χ3n) is 7.49. The van der Waals surface area contributed by atoms with Gasteiger partial charge in [0, 0.05) is 23.7 Å². The van der Waals surface area contributed by atoms with Crippen LogP contribution in [0.5, 0.6) is 5.75 Å². The minimum absolute atomic E-state index is 0.0448. The van der Waals surface area contributed by atoms with Crippen LogP contribution in [0.3, 0.4) is 0 Å². The number of rotatable bonds is 7. The number of aryl methyl sites for hydroxylation is 1. The van der Waals surface area contributed by atoms with Gasteiger partial charge in [0.1, 0.15) is 5.82 Å². The standard InChI is InChI=1S/C32H30FN3O3/c33-27-9-2-1-8-25(27)22-36-28-10-3-4-11-29(28)39-30(32(36)38)21-23-12-13-24-14-19-35(31(37)26(24)20-23)18-7-17-34-15-5-6-16-34/h1-4,8-14,19-21H,5-7,15-18,22H2/b30-21-. The quantitative estimate of drug-likeness (QED) is 0.296. The molecule has 4 aromatic rings. The molecule has 39 heavy (non-hydrogen) atoms. The summed E-state index contributed by atoms with van der Waals surface area (Å²) in [5.41, 5.74) is 1.63. The fraction of sp³-hybridized carbons (Fsp3) is 0.250. The second-order valence-corrected chi connectivity index (χ2v) is 10.1. The third kappa shape index (κ3) is 5.22. The van der Waals surface area contributed by atoms with Gasteiger partial charge in [0.05, 0.1) is 12.2 Å². The summed E-state index contributed by atoms with van der Waals surface area (Å²) >= 11 is 0. The molecular weight excluding hydrogens is 493 g/mol. The molecule has 0 unspecified atom stereocenters. The second kappa shape index (κ2) is 10.9. The van der Waals surface area contributed by atoms with Crippen molar-refractivity contribution >= 4 is 28.4 Å². The predicted molar refractivity (Wildman–Crippen MR) is 151 cm³/mol. The van der Waals surface area contributed by atoms with E-state index >= 15 is 0 Å². The zero-order valence-corrected chi connectivity index (χ0v) is 21.7. The Morgan fingerprint density at radius 3 is 2.54 bits per heavy atom. The van der Waals surface area contributed by atoms with Crippen LogP contribution in [0.15, 0.2) is 89.5 Å². The van der Waals surface area contributed by atoms with Crippen LogP contribution < -0.4 is 15.2 Å². The number of nitrogens with zero attached hydrogens (tertiary/aromatic N) is 3. The molecule has 0 radical (unpaired) electrons. The summed E-state index contributed by atoms with van der Waals surface area (Å²) in [6.07, 6.45) is 6.95. The first-order chi connectivity index (χ1) is 19.1. The normalized spacial score (nSPS) is 16.6. The molecule has 0 atom stereocenters.